The number of ether oxygens (including phenoxy) is 1. The van der Waals surface area contributed by atoms with E-state index < -0.39 is 18.1 Å². The number of pyridine rings is 1. The molecule has 0 saturated carbocycles. The van der Waals surface area contributed by atoms with Crippen molar-refractivity contribution in [2.24, 2.45) is 0 Å². The number of hydrogen-bond donors (Lipinski definition) is 2. The number of carbonyl (C=O) groups is 1. The number of methoxy groups -OCH3 is 1. The molecule has 2 atom stereocenters. The molecule has 1 saturated heterocycles. The lowest BCUT2D eigenvalue weighted by Gasteiger charge is -2.24. The van der Waals surface area contributed by atoms with Gasteiger partial charge in [0.25, 0.3) is 0 Å². The van der Waals surface area contributed by atoms with E-state index in [9.17, 15) is 9.90 Å². The molecule has 1 fully saturated rings. The smallest absolute Gasteiger partial charge is 0.328 e. The minimum atomic E-state index is -0.654. The van der Waals surface area contributed by atoms with Gasteiger partial charge >= 0.3 is 5.97 Å². The molecule has 27 heavy (non-hydrogen) atoms. The number of esters is 1. The average molecular weight is 407 g/mol. The summed E-state index contributed by atoms with van der Waals surface area (Å²) in [7, 11) is 1.33. The van der Waals surface area contributed by atoms with Crippen molar-refractivity contribution in [1.29, 1.82) is 0 Å². The third-order valence-electron chi connectivity index (χ3n) is 4.71. The summed E-state index contributed by atoms with van der Waals surface area (Å²) < 4.78 is 4.89. The number of H-pyrrole nitrogens is 1. The summed E-state index contributed by atoms with van der Waals surface area (Å²) in [6.45, 7) is 0.265. The fourth-order valence-electron chi connectivity index (χ4n) is 3.43. The summed E-state index contributed by atoms with van der Waals surface area (Å²) in [5, 5.41) is 18.4. The predicted molar refractivity (Wildman–Crippen MR) is 103 cm³/mol. The second-order valence-electron chi connectivity index (χ2n) is 6.35. The number of aliphatic hydroxyl groups excluding tert-OH is 1. The summed E-state index contributed by atoms with van der Waals surface area (Å²) in [6.07, 6.45) is 3.07. The topological polar surface area (TPSA) is 91.3 Å². The second-order valence-corrected chi connectivity index (χ2v) is 7.14. The fraction of sp³-hybridized carbons (Fsp3) is 0.278. The van der Waals surface area contributed by atoms with E-state index in [-0.39, 0.29) is 13.0 Å². The first-order chi connectivity index (χ1) is 13.0. The van der Waals surface area contributed by atoms with Crippen molar-refractivity contribution in [3.8, 4) is 11.1 Å². The Morgan fingerprint density at radius 1 is 1.41 bits per heavy atom. The van der Waals surface area contributed by atoms with Gasteiger partial charge in [0.15, 0.2) is 0 Å². The zero-order valence-corrected chi connectivity index (χ0v) is 15.8. The monoisotopic (exact) mass is 406 g/mol. The van der Waals surface area contributed by atoms with E-state index >= 15 is 0 Å². The maximum atomic E-state index is 12.2. The standard InChI is InChI=1S/C18H16Cl2N4O3/c1-27-18(26)14-4-10(25)8-24(14)15-5-12(9-6-21-22-7-9)11-2-3-13(19)16(20)17(11)23-15/h2-3,5-7,10,14,25H,4,8H2,1H3,(H,21,22)/t10-,14+/m1/s1. The van der Waals surface area contributed by atoms with Crippen molar-refractivity contribution in [2.45, 2.75) is 18.6 Å². The van der Waals surface area contributed by atoms with Gasteiger partial charge in [-0.05, 0) is 17.7 Å². The summed E-state index contributed by atoms with van der Waals surface area (Å²) in [5.74, 6) is 0.0883. The number of fused-ring (bicyclic) bond motifs is 1. The molecule has 0 spiro atoms. The number of anilines is 1. The maximum Gasteiger partial charge on any atom is 0.328 e. The Morgan fingerprint density at radius 3 is 2.93 bits per heavy atom. The van der Waals surface area contributed by atoms with Gasteiger partial charge in [0.1, 0.15) is 11.9 Å². The molecular weight excluding hydrogens is 391 g/mol. The van der Waals surface area contributed by atoms with Crippen LogP contribution in [0.25, 0.3) is 22.0 Å². The first-order valence-corrected chi connectivity index (χ1v) is 9.05. The van der Waals surface area contributed by atoms with Gasteiger partial charge in [-0.1, -0.05) is 29.3 Å². The van der Waals surface area contributed by atoms with Crippen LogP contribution in [0.1, 0.15) is 6.42 Å². The number of halogens is 2. The van der Waals surface area contributed by atoms with Crippen LogP contribution in [-0.4, -0.2) is 52.1 Å². The van der Waals surface area contributed by atoms with E-state index in [4.69, 9.17) is 27.9 Å². The van der Waals surface area contributed by atoms with E-state index in [0.29, 0.717) is 21.4 Å². The number of carbonyl (C=O) groups excluding carboxylic acids is 1. The summed E-state index contributed by atoms with van der Waals surface area (Å²) in [5.41, 5.74) is 2.20. The Bertz CT molecular complexity index is 1010. The summed E-state index contributed by atoms with van der Waals surface area (Å²) >= 11 is 12.6. The van der Waals surface area contributed by atoms with Crippen LogP contribution in [0.2, 0.25) is 10.0 Å². The third-order valence-corrected chi connectivity index (χ3v) is 5.51. The Hall–Kier alpha value is -2.35. The van der Waals surface area contributed by atoms with Crippen LogP contribution < -0.4 is 4.90 Å². The lowest BCUT2D eigenvalue weighted by atomic mass is 10.0. The van der Waals surface area contributed by atoms with E-state index in [1.54, 1.807) is 23.4 Å². The van der Waals surface area contributed by atoms with Crippen molar-refractivity contribution in [1.82, 2.24) is 15.2 Å². The van der Waals surface area contributed by atoms with E-state index in [2.05, 4.69) is 15.2 Å². The number of aromatic nitrogens is 3. The molecular formula is C18H16Cl2N4O3. The van der Waals surface area contributed by atoms with Crippen molar-refractivity contribution in [3.63, 3.8) is 0 Å². The van der Waals surface area contributed by atoms with Crippen LogP contribution in [-0.2, 0) is 9.53 Å². The average Bonchev–Trinajstić information content (AvgIpc) is 3.33. The van der Waals surface area contributed by atoms with Gasteiger partial charge in [0.2, 0.25) is 0 Å². The Labute approximate surface area is 164 Å². The number of rotatable bonds is 3. The first kappa shape index (κ1) is 18.0. The van der Waals surface area contributed by atoms with Crippen LogP contribution in [0.3, 0.4) is 0 Å². The molecule has 3 aromatic rings. The van der Waals surface area contributed by atoms with E-state index in [1.807, 2.05) is 12.1 Å². The summed E-state index contributed by atoms with van der Waals surface area (Å²) in [6, 6.07) is 4.80. The lowest BCUT2D eigenvalue weighted by molar-refractivity contribution is -0.142. The number of aliphatic hydroxyl groups is 1. The van der Waals surface area contributed by atoms with E-state index in [0.717, 1.165) is 16.5 Å². The van der Waals surface area contributed by atoms with Gasteiger partial charge in [-0.3, -0.25) is 5.10 Å². The molecule has 2 N–H and O–H groups in total. The molecule has 4 rings (SSSR count). The molecule has 0 radical (unpaired) electrons. The second kappa shape index (κ2) is 6.99. The molecule has 0 unspecified atom stereocenters. The Morgan fingerprint density at radius 2 is 2.22 bits per heavy atom. The molecule has 1 aliphatic rings. The van der Waals surface area contributed by atoms with Crippen molar-refractivity contribution in [3.05, 3.63) is 40.6 Å². The fourth-order valence-corrected chi connectivity index (χ4v) is 3.79. The molecule has 1 aliphatic heterocycles. The highest BCUT2D eigenvalue weighted by molar-refractivity contribution is 6.45. The molecule has 0 aliphatic carbocycles. The molecule has 0 bridgehead atoms. The van der Waals surface area contributed by atoms with Gasteiger partial charge in [0.05, 0.1) is 35.0 Å². The SMILES string of the molecule is COC(=O)[C@@H]1C[C@@H](O)CN1c1cc(-c2cn[nH]c2)c2ccc(Cl)c(Cl)c2n1. The highest BCUT2D eigenvalue weighted by Crippen LogP contribution is 2.38. The van der Waals surface area contributed by atoms with Crippen LogP contribution in [0, 0.1) is 0 Å². The normalized spacial score (nSPS) is 19.6. The van der Waals surface area contributed by atoms with Crippen LogP contribution in [0.4, 0.5) is 5.82 Å². The number of benzene rings is 1. The van der Waals surface area contributed by atoms with Gasteiger partial charge < -0.3 is 14.7 Å². The Kier molecular flexibility index (Phi) is 4.67. The maximum absolute atomic E-state index is 12.2. The molecule has 140 valence electrons. The predicted octanol–water partition coefficient (Wildman–Crippen LogP) is 3.04. The number of nitrogens with one attached hydrogen (secondary N) is 1. The van der Waals surface area contributed by atoms with Gasteiger partial charge in [-0.2, -0.15) is 5.10 Å². The van der Waals surface area contributed by atoms with Gasteiger partial charge in [-0.25, -0.2) is 9.78 Å². The minimum absolute atomic E-state index is 0.265. The van der Waals surface area contributed by atoms with E-state index in [1.165, 1.54) is 7.11 Å². The van der Waals surface area contributed by atoms with Crippen LogP contribution in [0.5, 0.6) is 0 Å². The number of aromatic amines is 1. The van der Waals surface area contributed by atoms with Gasteiger partial charge in [-0.15, -0.1) is 0 Å². The van der Waals surface area contributed by atoms with Crippen molar-refractivity contribution >= 4 is 45.9 Å². The zero-order chi connectivity index (χ0) is 19.1. The Balaban J connectivity index is 1.93. The lowest BCUT2D eigenvalue weighted by Crippen LogP contribution is -2.37. The molecule has 7 nitrogen and oxygen atoms in total. The molecule has 9 heteroatoms. The highest BCUT2D eigenvalue weighted by Gasteiger charge is 2.38. The largest absolute Gasteiger partial charge is 0.467 e. The van der Waals surface area contributed by atoms with Crippen molar-refractivity contribution in [2.75, 3.05) is 18.6 Å². The van der Waals surface area contributed by atoms with Crippen molar-refractivity contribution < 1.29 is 14.6 Å². The summed E-state index contributed by atoms with van der Waals surface area (Å²) in [4.78, 5) is 18.6. The van der Waals surface area contributed by atoms with Gasteiger partial charge in [0, 0.05) is 30.1 Å². The molecule has 2 aromatic heterocycles. The van der Waals surface area contributed by atoms with Crippen LogP contribution in [0.15, 0.2) is 30.6 Å². The molecule has 1 aromatic carbocycles. The number of β-amino-alcohol motifs (C(OH)–C–C–N with tert-alkyl or cyclic N) is 1. The third kappa shape index (κ3) is 3.12. The minimum Gasteiger partial charge on any atom is -0.467 e. The number of nitrogens with zero attached hydrogens (tertiary/aromatic N) is 3. The first-order valence-electron chi connectivity index (χ1n) is 8.30. The molecule has 0 amide bonds. The molecule has 3 heterocycles. The van der Waals surface area contributed by atoms with Crippen LogP contribution >= 0.6 is 23.2 Å². The number of hydrogen-bond acceptors (Lipinski definition) is 6. The quantitative estimate of drug-likeness (QED) is 0.649. The highest BCUT2D eigenvalue weighted by atomic mass is 35.5. The zero-order valence-electron chi connectivity index (χ0n) is 14.3.